The summed E-state index contributed by atoms with van der Waals surface area (Å²) >= 11 is 1.16. The summed E-state index contributed by atoms with van der Waals surface area (Å²) in [6, 6.07) is 0. The number of nitrogens with zero attached hydrogens (tertiary/aromatic N) is 2. The minimum Gasteiger partial charge on any atom is -0.624 e. The van der Waals surface area contributed by atoms with Crippen LogP contribution in [0.1, 0.15) is 30.6 Å². The molecular formula is C13H16F2N2O2S2. The number of thiazole rings is 1. The van der Waals surface area contributed by atoms with Gasteiger partial charge in [0, 0.05) is 11.7 Å². The molecule has 1 aromatic heterocycles. The molecule has 0 N–H and O–H groups in total. The zero-order chi connectivity index (χ0) is 15.2. The molecule has 1 atom stereocenters. The molecule has 0 aliphatic heterocycles. The van der Waals surface area contributed by atoms with Crippen LogP contribution in [0.15, 0.2) is 22.7 Å². The lowest BCUT2D eigenvalue weighted by Gasteiger charge is -2.23. The largest absolute Gasteiger partial charge is 0.624 e. The Morgan fingerprint density at radius 3 is 2.95 bits per heavy atom. The van der Waals surface area contributed by atoms with Crippen LogP contribution in [0.3, 0.4) is 0 Å². The minimum atomic E-state index is -1.77. The Labute approximate surface area is 128 Å². The molecule has 4 nitrogen and oxygen atoms in total. The van der Waals surface area contributed by atoms with Gasteiger partial charge in [-0.25, -0.2) is 9.72 Å². The van der Waals surface area contributed by atoms with Crippen molar-refractivity contribution in [1.82, 2.24) is 4.98 Å². The minimum absolute atomic E-state index is 0.0446. The summed E-state index contributed by atoms with van der Waals surface area (Å²) < 4.78 is 36.9. The summed E-state index contributed by atoms with van der Waals surface area (Å²) in [6.45, 7) is 0.483. The molecule has 0 aromatic carbocycles. The average Bonchev–Trinajstić information content (AvgIpc) is 2.82. The number of allylic oxidation sites excluding steroid dienone is 1. The first-order valence-electron chi connectivity index (χ1n) is 6.68. The van der Waals surface area contributed by atoms with Crippen LogP contribution in [0.4, 0.5) is 8.78 Å². The van der Waals surface area contributed by atoms with Gasteiger partial charge in [0.2, 0.25) is 0 Å². The fourth-order valence-corrected chi connectivity index (χ4v) is 4.09. The fourth-order valence-electron chi connectivity index (χ4n) is 1.92. The third kappa shape index (κ3) is 5.28. The van der Waals surface area contributed by atoms with E-state index in [0.717, 1.165) is 35.0 Å². The zero-order valence-electron chi connectivity index (χ0n) is 11.3. The van der Waals surface area contributed by atoms with Crippen LogP contribution < -0.4 is 0 Å². The molecule has 21 heavy (non-hydrogen) atoms. The van der Waals surface area contributed by atoms with Gasteiger partial charge in [-0.05, 0) is 25.3 Å². The van der Waals surface area contributed by atoms with Crippen LogP contribution in [-0.4, -0.2) is 32.4 Å². The van der Waals surface area contributed by atoms with Gasteiger partial charge >= 0.3 is 0 Å². The average molecular weight is 334 g/mol. The lowest BCUT2D eigenvalue weighted by molar-refractivity contribution is -0.464. The highest BCUT2D eigenvalue weighted by atomic mass is 32.2. The lowest BCUT2D eigenvalue weighted by Crippen LogP contribution is -2.22. The van der Waals surface area contributed by atoms with E-state index in [1.54, 1.807) is 0 Å². The Morgan fingerprint density at radius 1 is 1.57 bits per heavy atom. The van der Waals surface area contributed by atoms with Gasteiger partial charge in [0.25, 0.3) is 6.08 Å². The molecule has 1 heterocycles. The molecule has 0 saturated heterocycles. The highest BCUT2D eigenvalue weighted by Crippen LogP contribution is 2.26. The highest BCUT2D eigenvalue weighted by Gasteiger charge is 2.21. The number of rotatable bonds is 7. The van der Waals surface area contributed by atoms with Crippen LogP contribution in [0.25, 0.3) is 0 Å². The number of hydrogen-bond acceptors (Lipinski definition) is 4. The summed E-state index contributed by atoms with van der Waals surface area (Å²) in [5.74, 6) is 0.579. The normalized spacial score (nSPS) is 17.3. The predicted octanol–water partition coefficient (Wildman–Crippen LogP) is 3.15. The van der Waals surface area contributed by atoms with E-state index in [-0.39, 0.29) is 12.2 Å². The number of aromatic nitrogens is 1. The molecule has 2 rings (SSSR count). The number of hydroxylamine groups is 1. The van der Waals surface area contributed by atoms with Crippen molar-refractivity contribution in [2.75, 3.05) is 12.3 Å². The van der Waals surface area contributed by atoms with Crippen LogP contribution in [0, 0.1) is 11.1 Å². The Kier molecular flexibility index (Phi) is 5.98. The summed E-state index contributed by atoms with van der Waals surface area (Å²) in [4.78, 5) is 4.63. The van der Waals surface area contributed by atoms with E-state index < -0.39 is 16.9 Å². The third-order valence-corrected chi connectivity index (χ3v) is 5.87. The van der Waals surface area contributed by atoms with Crippen molar-refractivity contribution < 1.29 is 17.7 Å². The topological polar surface area (TPSA) is 56.0 Å². The van der Waals surface area contributed by atoms with Gasteiger partial charge in [0.1, 0.15) is 4.88 Å². The summed E-state index contributed by atoms with van der Waals surface area (Å²) in [7, 11) is -1.41. The standard InChI is InChI=1S/C13H16F2N2O2S2/c14-12(15)5-2-6-21(19)13-16-7-11(20-13)9-17(18)8-10-3-1-4-10/h5,7,9-10H,1-4,6,8H2/b17-9-. The first kappa shape index (κ1) is 16.2. The van der Waals surface area contributed by atoms with Crippen molar-refractivity contribution in [2.24, 2.45) is 5.92 Å². The molecule has 1 unspecified atom stereocenters. The second-order valence-corrected chi connectivity index (χ2v) is 7.69. The SMILES string of the molecule is O=S(CCC=C(F)F)c1ncc(/C=[N+](\[O-])CC2CCC2)s1. The quantitative estimate of drug-likeness (QED) is 0.333. The van der Waals surface area contributed by atoms with Crippen LogP contribution >= 0.6 is 11.3 Å². The summed E-state index contributed by atoms with van der Waals surface area (Å²) in [5.41, 5.74) is 0. The molecule has 116 valence electrons. The van der Waals surface area contributed by atoms with Crippen LogP contribution in [-0.2, 0) is 10.8 Å². The predicted molar refractivity (Wildman–Crippen MR) is 79.3 cm³/mol. The maximum Gasteiger partial charge on any atom is 0.266 e. The maximum atomic E-state index is 11.9. The van der Waals surface area contributed by atoms with E-state index in [1.165, 1.54) is 18.8 Å². The lowest BCUT2D eigenvalue weighted by atomic mass is 9.86. The van der Waals surface area contributed by atoms with E-state index in [1.807, 2.05) is 0 Å². The second-order valence-electron chi connectivity index (χ2n) is 4.89. The van der Waals surface area contributed by atoms with Gasteiger partial charge in [0.15, 0.2) is 17.1 Å². The van der Waals surface area contributed by atoms with Crippen molar-refractivity contribution in [3.63, 3.8) is 0 Å². The van der Waals surface area contributed by atoms with E-state index >= 15 is 0 Å². The molecule has 0 spiro atoms. The fraction of sp³-hybridized carbons (Fsp3) is 0.538. The monoisotopic (exact) mass is 334 g/mol. The van der Waals surface area contributed by atoms with Crippen molar-refractivity contribution in [1.29, 1.82) is 0 Å². The molecule has 0 radical (unpaired) electrons. The van der Waals surface area contributed by atoms with Gasteiger partial charge < -0.3 is 5.21 Å². The highest BCUT2D eigenvalue weighted by molar-refractivity contribution is 7.87. The number of hydrogen-bond donors (Lipinski definition) is 0. The molecule has 0 amide bonds. The van der Waals surface area contributed by atoms with Crippen molar-refractivity contribution in [3.8, 4) is 0 Å². The van der Waals surface area contributed by atoms with Crippen molar-refractivity contribution >= 4 is 28.4 Å². The van der Waals surface area contributed by atoms with Crippen LogP contribution in [0.5, 0.6) is 0 Å². The zero-order valence-corrected chi connectivity index (χ0v) is 13.0. The van der Waals surface area contributed by atoms with E-state index in [0.29, 0.717) is 21.7 Å². The summed E-state index contributed by atoms with van der Waals surface area (Å²) in [5, 5.41) is 11.7. The van der Waals surface area contributed by atoms with Crippen molar-refractivity contribution in [2.45, 2.75) is 30.0 Å². The molecule has 1 aliphatic rings. The van der Waals surface area contributed by atoms with Gasteiger partial charge in [-0.15, -0.1) is 0 Å². The molecule has 1 fully saturated rings. The van der Waals surface area contributed by atoms with E-state index in [9.17, 15) is 18.2 Å². The van der Waals surface area contributed by atoms with Gasteiger partial charge in [-0.1, -0.05) is 17.8 Å². The van der Waals surface area contributed by atoms with Crippen molar-refractivity contribution in [3.05, 3.63) is 28.4 Å². The first-order chi connectivity index (χ1) is 10.0. The number of halogens is 2. The molecule has 1 aromatic rings. The molecule has 0 bridgehead atoms. The third-order valence-electron chi connectivity index (χ3n) is 3.23. The molecule has 1 saturated carbocycles. The molecular weight excluding hydrogens is 318 g/mol. The second kappa shape index (κ2) is 7.74. The van der Waals surface area contributed by atoms with Crippen LogP contribution in [0.2, 0.25) is 0 Å². The Balaban J connectivity index is 1.89. The van der Waals surface area contributed by atoms with Gasteiger partial charge in [0.05, 0.1) is 17.0 Å². The van der Waals surface area contributed by atoms with E-state index in [2.05, 4.69) is 4.98 Å². The summed E-state index contributed by atoms with van der Waals surface area (Å²) in [6.07, 6.45) is 5.37. The van der Waals surface area contributed by atoms with E-state index in [4.69, 9.17) is 0 Å². The Bertz CT molecular complexity index is 564. The van der Waals surface area contributed by atoms with Gasteiger partial charge in [-0.2, -0.15) is 8.78 Å². The molecule has 1 aliphatic carbocycles. The molecule has 8 heteroatoms. The van der Waals surface area contributed by atoms with Gasteiger partial charge in [-0.3, -0.25) is 4.21 Å². The smallest absolute Gasteiger partial charge is 0.266 e. The maximum absolute atomic E-state index is 11.9. The first-order valence-corrected chi connectivity index (χ1v) is 8.82. The Morgan fingerprint density at radius 2 is 2.33 bits per heavy atom. The Hall–Kier alpha value is -1.15.